The fourth-order valence-electron chi connectivity index (χ4n) is 3.95. The largest absolute Gasteiger partial charge is 0.417 e. The van der Waals surface area contributed by atoms with Crippen LogP contribution in [0.4, 0.5) is 18.0 Å². The highest BCUT2D eigenvalue weighted by atomic mass is 19.4. The van der Waals surface area contributed by atoms with Crippen LogP contribution in [0.1, 0.15) is 44.9 Å². The maximum Gasteiger partial charge on any atom is 0.417 e. The highest BCUT2D eigenvalue weighted by molar-refractivity contribution is 5.74. The van der Waals surface area contributed by atoms with Gasteiger partial charge in [0, 0.05) is 26.7 Å². The van der Waals surface area contributed by atoms with Crippen molar-refractivity contribution < 1.29 is 27.8 Å². The number of aliphatic hydroxyl groups is 1. The molecule has 0 aliphatic heterocycles. The van der Waals surface area contributed by atoms with Crippen LogP contribution in [0.2, 0.25) is 0 Å². The summed E-state index contributed by atoms with van der Waals surface area (Å²) in [6.45, 7) is 0.927. The number of carbonyl (C=O) groups is 1. The molecule has 2 N–H and O–H groups in total. The van der Waals surface area contributed by atoms with Gasteiger partial charge in [-0.25, -0.2) is 4.79 Å². The third-order valence-corrected chi connectivity index (χ3v) is 5.55. The Morgan fingerprint density at radius 3 is 2.40 bits per heavy atom. The first-order chi connectivity index (χ1) is 11.8. The Bertz CT molecular complexity index is 433. The SMILES string of the molecule is COC1(C(F)(F)F)CC(CNC(=O)N(CCO)CC2CCCCC2)C1. The minimum Gasteiger partial charge on any atom is -0.395 e. The number of rotatable bonds is 7. The van der Waals surface area contributed by atoms with Crippen LogP contribution >= 0.6 is 0 Å². The number of nitrogens with zero attached hydrogens (tertiary/aromatic N) is 1. The molecule has 2 aliphatic rings. The van der Waals surface area contributed by atoms with Crippen molar-refractivity contribution in [1.82, 2.24) is 10.2 Å². The third kappa shape index (κ3) is 5.00. The smallest absolute Gasteiger partial charge is 0.395 e. The van der Waals surface area contributed by atoms with Crippen LogP contribution in [-0.4, -0.2) is 61.2 Å². The number of alkyl halides is 3. The van der Waals surface area contributed by atoms with Crippen LogP contribution < -0.4 is 5.32 Å². The van der Waals surface area contributed by atoms with Gasteiger partial charge in [0.05, 0.1) is 6.61 Å². The molecule has 2 rings (SSSR count). The summed E-state index contributed by atoms with van der Waals surface area (Å²) in [5.41, 5.74) is -2.06. The molecule has 0 aromatic heterocycles. The lowest BCUT2D eigenvalue weighted by Gasteiger charge is -2.47. The molecule has 2 amide bonds. The molecule has 0 heterocycles. The monoisotopic (exact) mass is 366 g/mol. The van der Waals surface area contributed by atoms with Crippen molar-refractivity contribution in [3.05, 3.63) is 0 Å². The van der Waals surface area contributed by atoms with Gasteiger partial charge in [0.15, 0.2) is 5.60 Å². The summed E-state index contributed by atoms with van der Waals surface area (Å²) in [6.07, 6.45) is 1.08. The molecular formula is C17H29F3N2O3. The summed E-state index contributed by atoms with van der Waals surface area (Å²) < 4.78 is 43.6. The molecule has 2 saturated carbocycles. The van der Waals surface area contributed by atoms with E-state index in [-0.39, 0.29) is 44.5 Å². The van der Waals surface area contributed by atoms with Gasteiger partial charge >= 0.3 is 12.2 Å². The molecule has 0 aromatic rings. The van der Waals surface area contributed by atoms with Crippen LogP contribution in [0.3, 0.4) is 0 Å². The summed E-state index contributed by atoms with van der Waals surface area (Å²) in [5.74, 6) is 0.206. The van der Waals surface area contributed by atoms with Gasteiger partial charge in [-0.2, -0.15) is 13.2 Å². The van der Waals surface area contributed by atoms with Gasteiger partial charge in [-0.3, -0.25) is 0 Å². The van der Waals surface area contributed by atoms with Gasteiger partial charge < -0.3 is 20.1 Å². The summed E-state index contributed by atoms with van der Waals surface area (Å²) >= 11 is 0. The molecule has 25 heavy (non-hydrogen) atoms. The van der Waals surface area contributed by atoms with Crippen molar-refractivity contribution in [2.75, 3.05) is 33.4 Å². The van der Waals surface area contributed by atoms with Crippen molar-refractivity contribution in [1.29, 1.82) is 0 Å². The Kier molecular flexibility index (Phi) is 6.96. The highest BCUT2D eigenvalue weighted by Crippen LogP contribution is 2.50. The van der Waals surface area contributed by atoms with E-state index in [9.17, 15) is 23.1 Å². The van der Waals surface area contributed by atoms with E-state index in [4.69, 9.17) is 0 Å². The average molecular weight is 366 g/mol. The number of hydrogen-bond acceptors (Lipinski definition) is 3. The molecule has 146 valence electrons. The summed E-state index contributed by atoms with van der Waals surface area (Å²) in [6, 6.07) is -0.304. The average Bonchev–Trinajstić information content (AvgIpc) is 2.53. The number of carbonyl (C=O) groups excluding carboxylic acids is 1. The molecule has 5 nitrogen and oxygen atoms in total. The van der Waals surface area contributed by atoms with Crippen LogP contribution in [-0.2, 0) is 4.74 Å². The van der Waals surface area contributed by atoms with Gasteiger partial charge in [0.25, 0.3) is 0 Å². The fraction of sp³-hybridized carbons (Fsp3) is 0.941. The van der Waals surface area contributed by atoms with Crippen LogP contribution in [0.15, 0.2) is 0 Å². The van der Waals surface area contributed by atoms with E-state index in [2.05, 4.69) is 10.1 Å². The standard InChI is InChI=1S/C17H29F3N2O3/c1-25-16(17(18,19)20)9-14(10-16)11-21-15(24)22(7-8-23)12-13-5-3-2-4-6-13/h13-14,23H,2-12H2,1H3,(H,21,24). The van der Waals surface area contributed by atoms with E-state index in [1.165, 1.54) is 6.42 Å². The summed E-state index contributed by atoms with van der Waals surface area (Å²) in [4.78, 5) is 13.9. The molecule has 0 bridgehead atoms. The number of aliphatic hydroxyl groups excluding tert-OH is 1. The van der Waals surface area contributed by atoms with Crippen molar-refractivity contribution in [3.8, 4) is 0 Å². The molecule has 0 radical (unpaired) electrons. The lowest BCUT2D eigenvalue weighted by Crippen LogP contribution is -2.59. The highest BCUT2D eigenvalue weighted by Gasteiger charge is 2.62. The normalized spacial score (nSPS) is 27.6. The van der Waals surface area contributed by atoms with E-state index in [0.29, 0.717) is 12.5 Å². The predicted molar refractivity (Wildman–Crippen MR) is 87.2 cm³/mol. The van der Waals surface area contributed by atoms with E-state index in [1.54, 1.807) is 4.90 Å². The molecule has 0 aromatic carbocycles. The van der Waals surface area contributed by atoms with Crippen molar-refractivity contribution >= 4 is 6.03 Å². The zero-order valence-corrected chi connectivity index (χ0v) is 14.8. The number of methoxy groups -OCH3 is 1. The van der Waals surface area contributed by atoms with Crippen LogP contribution in [0.5, 0.6) is 0 Å². The molecule has 2 aliphatic carbocycles. The third-order valence-electron chi connectivity index (χ3n) is 5.55. The predicted octanol–water partition coefficient (Wildman–Crippen LogP) is 2.93. The maximum atomic E-state index is 13.0. The first-order valence-electron chi connectivity index (χ1n) is 9.07. The van der Waals surface area contributed by atoms with Gasteiger partial charge in [0.1, 0.15) is 0 Å². The first-order valence-corrected chi connectivity index (χ1v) is 9.07. The number of urea groups is 1. The van der Waals surface area contributed by atoms with Crippen molar-refractivity contribution in [3.63, 3.8) is 0 Å². The lowest BCUT2D eigenvalue weighted by molar-refractivity contribution is -0.307. The van der Waals surface area contributed by atoms with E-state index >= 15 is 0 Å². The Hall–Kier alpha value is -1.02. The molecular weight excluding hydrogens is 337 g/mol. The molecule has 0 unspecified atom stereocenters. The first kappa shape index (κ1) is 20.3. The van der Waals surface area contributed by atoms with E-state index in [0.717, 1.165) is 32.8 Å². The minimum absolute atomic E-state index is 0.121. The molecule has 0 saturated heterocycles. The minimum atomic E-state index is -4.38. The lowest BCUT2D eigenvalue weighted by atomic mass is 9.70. The Balaban J connectivity index is 1.77. The van der Waals surface area contributed by atoms with Gasteiger partial charge in [-0.15, -0.1) is 0 Å². The van der Waals surface area contributed by atoms with Crippen molar-refractivity contribution in [2.45, 2.75) is 56.7 Å². The Labute approximate surface area is 146 Å². The quantitative estimate of drug-likeness (QED) is 0.728. The van der Waals surface area contributed by atoms with Gasteiger partial charge in [-0.1, -0.05) is 19.3 Å². The zero-order valence-electron chi connectivity index (χ0n) is 14.8. The van der Waals surface area contributed by atoms with Crippen molar-refractivity contribution in [2.24, 2.45) is 11.8 Å². The topological polar surface area (TPSA) is 61.8 Å². The molecule has 0 spiro atoms. The summed E-state index contributed by atoms with van der Waals surface area (Å²) in [7, 11) is 1.08. The van der Waals surface area contributed by atoms with Crippen LogP contribution in [0.25, 0.3) is 0 Å². The number of ether oxygens (including phenoxy) is 1. The Morgan fingerprint density at radius 2 is 1.88 bits per heavy atom. The number of amides is 2. The second-order valence-electron chi connectivity index (χ2n) is 7.33. The van der Waals surface area contributed by atoms with Gasteiger partial charge in [-0.05, 0) is 37.5 Å². The second-order valence-corrected chi connectivity index (χ2v) is 7.33. The number of hydrogen-bond donors (Lipinski definition) is 2. The maximum absolute atomic E-state index is 13.0. The number of halogens is 3. The zero-order chi connectivity index (χ0) is 18.5. The molecule has 8 heteroatoms. The Morgan fingerprint density at radius 1 is 1.24 bits per heavy atom. The van der Waals surface area contributed by atoms with Crippen LogP contribution in [0, 0.1) is 11.8 Å². The fourth-order valence-corrected chi connectivity index (χ4v) is 3.95. The van der Waals surface area contributed by atoms with E-state index < -0.39 is 11.8 Å². The molecule has 2 fully saturated rings. The second kappa shape index (κ2) is 8.58. The number of nitrogens with one attached hydrogen (secondary N) is 1. The summed E-state index contributed by atoms with van der Waals surface area (Å²) in [5, 5.41) is 11.9. The van der Waals surface area contributed by atoms with E-state index in [1.807, 2.05) is 0 Å². The van der Waals surface area contributed by atoms with Gasteiger partial charge in [0.2, 0.25) is 0 Å². The molecule has 0 atom stereocenters.